The Hall–Kier alpha value is -0.650. The maximum absolute atomic E-state index is 12.1. The summed E-state index contributed by atoms with van der Waals surface area (Å²) in [7, 11) is 0. The number of hydrogen-bond acceptors (Lipinski definition) is 4. The molecule has 2 aliphatic rings. The van der Waals surface area contributed by atoms with Crippen molar-refractivity contribution in [2.75, 3.05) is 58.9 Å². The molecule has 0 aromatic heterocycles. The van der Waals surface area contributed by atoms with Crippen molar-refractivity contribution in [3.8, 4) is 0 Å². The van der Waals surface area contributed by atoms with Crippen molar-refractivity contribution in [2.24, 2.45) is 0 Å². The Labute approximate surface area is 123 Å². The summed E-state index contributed by atoms with van der Waals surface area (Å²) in [5.74, 6) is 0.324. The van der Waals surface area contributed by atoms with Gasteiger partial charge < -0.3 is 15.1 Å². The van der Waals surface area contributed by atoms with Crippen LogP contribution in [0, 0.1) is 0 Å². The van der Waals surface area contributed by atoms with Crippen LogP contribution in [-0.2, 0) is 4.79 Å². The van der Waals surface area contributed by atoms with Crippen LogP contribution in [0.3, 0.4) is 0 Å². The Morgan fingerprint density at radius 2 is 1.60 bits per heavy atom. The van der Waals surface area contributed by atoms with Gasteiger partial charge in [0, 0.05) is 70.9 Å². The Morgan fingerprint density at radius 1 is 1.00 bits per heavy atom. The van der Waals surface area contributed by atoms with Gasteiger partial charge in [0.15, 0.2) is 0 Å². The SMILES string of the molecule is CC(C)(C)N1CCN(CCC(=O)N2CCNCC2)CC1. The summed E-state index contributed by atoms with van der Waals surface area (Å²) in [6.45, 7) is 15.8. The van der Waals surface area contributed by atoms with Crippen molar-refractivity contribution in [1.29, 1.82) is 0 Å². The van der Waals surface area contributed by atoms with E-state index in [0.717, 1.165) is 58.9 Å². The quantitative estimate of drug-likeness (QED) is 0.804. The fourth-order valence-electron chi connectivity index (χ4n) is 2.97. The zero-order valence-corrected chi connectivity index (χ0v) is 13.3. The number of rotatable bonds is 3. The maximum Gasteiger partial charge on any atom is 0.223 e. The lowest BCUT2D eigenvalue weighted by molar-refractivity contribution is -0.132. The summed E-state index contributed by atoms with van der Waals surface area (Å²) < 4.78 is 0. The van der Waals surface area contributed by atoms with E-state index in [9.17, 15) is 4.79 Å². The number of carbonyl (C=O) groups is 1. The van der Waals surface area contributed by atoms with Gasteiger partial charge in [-0.05, 0) is 20.8 Å². The topological polar surface area (TPSA) is 38.8 Å². The summed E-state index contributed by atoms with van der Waals surface area (Å²) in [6, 6.07) is 0. The zero-order chi connectivity index (χ0) is 14.6. The molecular formula is C15H30N4O. The molecule has 1 N–H and O–H groups in total. The van der Waals surface area contributed by atoms with Crippen LogP contribution < -0.4 is 5.32 Å². The summed E-state index contributed by atoms with van der Waals surface area (Å²) in [5.41, 5.74) is 0.267. The van der Waals surface area contributed by atoms with Crippen LogP contribution in [0.25, 0.3) is 0 Å². The Kier molecular flexibility index (Phi) is 5.41. The Balaban J connectivity index is 1.67. The largest absolute Gasteiger partial charge is 0.340 e. The molecule has 0 bridgehead atoms. The van der Waals surface area contributed by atoms with Gasteiger partial charge in [-0.25, -0.2) is 0 Å². The molecule has 0 saturated carbocycles. The predicted molar refractivity (Wildman–Crippen MR) is 81.8 cm³/mol. The number of carbonyl (C=O) groups excluding carboxylic acids is 1. The predicted octanol–water partition coefficient (Wildman–Crippen LogP) is 0.224. The van der Waals surface area contributed by atoms with Gasteiger partial charge in [0.2, 0.25) is 5.91 Å². The van der Waals surface area contributed by atoms with Gasteiger partial charge in [-0.2, -0.15) is 0 Å². The second-order valence-corrected chi connectivity index (χ2v) is 6.88. The normalized spacial score (nSPS) is 23.1. The molecule has 2 fully saturated rings. The van der Waals surface area contributed by atoms with Crippen LogP contribution in [0.2, 0.25) is 0 Å². The van der Waals surface area contributed by atoms with E-state index in [1.165, 1.54) is 0 Å². The molecule has 2 rings (SSSR count). The molecule has 0 atom stereocenters. The molecule has 0 aliphatic carbocycles. The van der Waals surface area contributed by atoms with E-state index in [0.29, 0.717) is 12.3 Å². The van der Waals surface area contributed by atoms with Gasteiger partial charge in [0.1, 0.15) is 0 Å². The lowest BCUT2D eigenvalue weighted by Gasteiger charge is -2.42. The van der Waals surface area contributed by atoms with E-state index in [4.69, 9.17) is 0 Å². The summed E-state index contributed by atoms with van der Waals surface area (Å²) in [5, 5.41) is 3.28. The Bertz CT molecular complexity index is 312. The first kappa shape index (κ1) is 15.7. The van der Waals surface area contributed by atoms with Gasteiger partial charge in [0.25, 0.3) is 0 Å². The van der Waals surface area contributed by atoms with Gasteiger partial charge >= 0.3 is 0 Å². The minimum absolute atomic E-state index is 0.267. The van der Waals surface area contributed by atoms with E-state index < -0.39 is 0 Å². The molecule has 5 nitrogen and oxygen atoms in total. The fraction of sp³-hybridized carbons (Fsp3) is 0.933. The summed E-state index contributed by atoms with van der Waals surface area (Å²) in [4.78, 5) is 19.1. The Morgan fingerprint density at radius 3 is 2.15 bits per heavy atom. The number of amides is 1. The van der Waals surface area contributed by atoms with Crippen molar-refractivity contribution in [1.82, 2.24) is 20.0 Å². The van der Waals surface area contributed by atoms with Gasteiger partial charge in [-0.1, -0.05) is 0 Å². The van der Waals surface area contributed by atoms with E-state index in [-0.39, 0.29) is 5.54 Å². The van der Waals surface area contributed by atoms with Crippen molar-refractivity contribution in [3.63, 3.8) is 0 Å². The number of piperazine rings is 2. The van der Waals surface area contributed by atoms with Crippen LogP contribution in [0.1, 0.15) is 27.2 Å². The van der Waals surface area contributed by atoms with Crippen molar-refractivity contribution < 1.29 is 4.79 Å². The highest BCUT2D eigenvalue weighted by molar-refractivity contribution is 5.76. The third-order valence-corrected chi connectivity index (χ3v) is 4.43. The van der Waals surface area contributed by atoms with Crippen LogP contribution in [-0.4, -0.2) is 85.0 Å². The smallest absolute Gasteiger partial charge is 0.223 e. The average molecular weight is 282 g/mol. The van der Waals surface area contributed by atoms with Crippen LogP contribution in [0.5, 0.6) is 0 Å². The third kappa shape index (κ3) is 4.43. The summed E-state index contributed by atoms with van der Waals surface area (Å²) >= 11 is 0. The van der Waals surface area contributed by atoms with Gasteiger partial charge in [0.05, 0.1) is 0 Å². The van der Waals surface area contributed by atoms with E-state index in [1.54, 1.807) is 0 Å². The lowest BCUT2D eigenvalue weighted by atomic mass is 10.0. The molecular weight excluding hydrogens is 252 g/mol. The summed E-state index contributed by atoms with van der Waals surface area (Å²) in [6.07, 6.45) is 0.676. The molecule has 0 radical (unpaired) electrons. The first-order valence-corrected chi connectivity index (χ1v) is 7.93. The molecule has 2 heterocycles. The molecule has 0 unspecified atom stereocenters. The van der Waals surface area contributed by atoms with E-state index in [1.807, 2.05) is 4.90 Å². The monoisotopic (exact) mass is 282 g/mol. The van der Waals surface area contributed by atoms with E-state index >= 15 is 0 Å². The number of hydrogen-bond donors (Lipinski definition) is 1. The highest BCUT2D eigenvalue weighted by Gasteiger charge is 2.26. The second kappa shape index (κ2) is 6.87. The molecule has 0 spiro atoms. The van der Waals surface area contributed by atoms with Crippen molar-refractivity contribution >= 4 is 5.91 Å². The van der Waals surface area contributed by atoms with Crippen molar-refractivity contribution in [3.05, 3.63) is 0 Å². The van der Waals surface area contributed by atoms with Gasteiger partial charge in [-0.3, -0.25) is 9.69 Å². The minimum Gasteiger partial charge on any atom is -0.340 e. The molecule has 116 valence electrons. The molecule has 0 aromatic carbocycles. The molecule has 2 saturated heterocycles. The number of nitrogens with zero attached hydrogens (tertiary/aromatic N) is 3. The molecule has 0 aromatic rings. The van der Waals surface area contributed by atoms with Gasteiger partial charge in [-0.15, -0.1) is 0 Å². The fourth-order valence-corrected chi connectivity index (χ4v) is 2.97. The minimum atomic E-state index is 0.267. The maximum atomic E-state index is 12.1. The average Bonchev–Trinajstić information content (AvgIpc) is 2.45. The van der Waals surface area contributed by atoms with Crippen LogP contribution in [0.15, 0.2) is 0 Å². The molecule has 2 aliphatic heterocycles. The van der Waals surface area contributed by atoms with Crippen molar-refractivity contribution in [2.45, 2.75) is 32.7 Å². The standard InChI is InChI=1S/C15H30N4O/c1-15(2,3)19-12-10-17(11-13-19)7-4-14(20)18-8-5-16-6-9-18/h16H,4-13H2,1-3H3. The van der Waals surface area contributed by atoms with Crippen LogP contribution in [0.4, 0.5) is 0 Å². The second-order valence-electron chi connectivity index (χ2n) is 6.88. The highest BCUT2D eigenvalue weighted by atomic mass is 16.2. The lowest BCUT2D eigenvalue weighted by Crippen LogP contribution is -2.54. The van der Waals surface area contributed by atoms with E-state index in [2.05, 4.69) is 35.9 Å². The van der Waals surface area contributed by atoms with Crippen LogP contribution >= 0.6 is 0 Å². The molecule has 5 heteroatoms. The third-order valence-electron chi connectivity index (χ3n) is 4.43. The molecule has 1 amide bonds. The highest BCUT2D eigenvalue weighted by Crippen LogP contribution is 2.15. The zero-order valence-electron chi connectivity index (χ0n) is 13.3. The number of nitrogens with one attached hydrogen (secondary N) is 1. The first-order chi connectivity index (χ1) is 9.47. The first-order valence-electron chi connectivity index (χ1n) is 7.93. The molecule has 20 heavy (non-hydrogen) atoms.